The van der Waals surface area contributed by atoms with Gasteiger partial charge in [0, 0.05) is 6.21 Å². The number of rotatable bonds is 2. The van der Waals surface area contributed by atoms with Crippen LogP contribution in [0, 0.1) is 28.1 Å². The highest BCUT2D eigenvalue weighted by Crippen LogP contribution is 2.73. The minimum Gasteiger partial charge on any atom is -0.330 e. The highest BCUT2D eigenvalue weighted by molar-refractivity contribution is 5.76. The summed E-state index contributed by atoms with van der Waals surface area (Å²) in [5, 5.41) is 6.82. The van der Waals surface area contributed by atoms with Crippen molar-refractivity contribution in [3.63, 3.8) is 0 Å². The molecule has 2 saturated carbocycles. The monoisotopic (exact) mass is 258 g/mol. The molecule has 2 nitrogen and oxygen atoms in total. The summed E-state index contributed by atoms with van der Waals surface area (Å²) in [5.74, 6) is 1.79. The number of nitrogens with one attached hydrogen (secondary N) is 1. The van der Waals surface area contributed by atoms with Gasteiger partial charge in [-0.15, -0.1) is 0 Å². The van der Waals surface area contributed by atoms with Gasteiger partial charge in [-0.2, -0.15) is 0 Å². The molecule has 0 aliphatic heterocycles. The first-order valence-corrected chi connectivity index (χ1v) is 7.21. The van der Waals surface area contributed by atoms with Crippen LogP contribution < -0.4 is 5.73 Å². The molecule has 0 aromatic heterocycles. The van der Waals surface area contributed by atoms with Crippen LogP contribution >= 0.6 is 0 Å². The van der Waals surface area contributed by atoms with Gasteiger partial charge in [-0.3, -0.25) is 0 Å². The SMILES string of the molecule is CC1(C)C(CN)CC2CC21C.N=Cc1ccccc1. The van der Waals surface area contributed by atoms with Crippen molar-refractivity contribution >= 4 is 6.21 Å². The molecule has 104 valence electrons. The largest absolute Gasteiger partial charge is 0.330 e. The molecule has 2 aliphatic rings. The van der Waals surface area contributed by atoms with E-state index < -0.39 is 0 Å². The summed E-state index contributed by atoms with van der Waals surface area (Å²) in [5.41, 5.74) is 7.86. The van der Waals surface area contributed by atoms with Crippen molar-refractivity contribution in [1.29, 1.82) is 5.41 Å². The van der Waals surface area contributed by atoms with Crippen molar-refractivity contribution in [3.8, 4) is 0 Å². The lowest BCUT2D eigenvalue weighted by Crippen LogP contribution is -2.32. The van der Waals surface area contributed by atoms with Crippen LogP contribution in [0.4, 0.5) is 0 Å². The summed E-state index contributed by atoms with van der Waals surface area (Å²) in [4.78, 5) is 0. The molecule has 2 fully saturated rings. The van der Waals surface area contributed by atoms with E-state index in [-0.39, 0.29) is 0 Å². The summed E-state index contributed by atoms with van der Waals surface area (Å²) in [7, 11) is 0. The van der Waals surface area contributed by atoms with Crippen molar-refractivity contribution in [3.05, 3.63) is 35.9 Å². The molecule has 0 heterocycles. The highest BCUT2D eigenvalue weighted by Gasteiger charge is 2.66. The molecule has 0 bridgehead atoms. The lowest BCUT2D eigenvalue weighted by Gasteiger charge is -2.34. The topological polar surface area (TPSA) is 49.9 Å². The number of benzene rings is 1. The quantitative estimate of drug-likeness (QED) is 0.781. The van der Waals surface area contributed by atoms with Gasteiger partial charge in [0.1, 0.15) is 0 Å². The molecular formula is C17H26N2. The Morgan fingerprint density at radius 1 is 1.26 bits per heavy atom. The maximum absolute atomic E-state index is 6.82. The van der Waals surface area contributed by atoms with Crippen LogP contribution in [0.2, 0.25) is 0 Å². The van der Waals surface area contributed by atoms with Crippen molar-refractivity contribution in [2.24, 2.45) is 28.4 Å². The molecule has 3 atom stereocenters. The van der Waals surface area contributed by atoms with E-state index in [4.69, 9.17) is 11.1 Å². The van der Waals surface area contributed by atoms with Gasteiger partial charge in [0.15, 0.2) is 0 Å². The molecule has 19 heavy (non-hydrogen) atoms. The molecule has 1 aromatic rings. The average Bonchev–Trinajstić information content (AvgIpc) is 3.05. The fourth-order valence-corrected chi connectivity index (χ4v) is 3.63. The van der Waals surface area contributed by atoms with Gasteiger partial charge in [-0.05, 0) is 47.6 Å². The summed E-state index contributed by atoms with van der Waals surface area (Å²) in [6, 6.07) is 9.56. The molecule has 0 spiro atoms. The molecule has 3 rings (SSSR count). The van der Waals surface area contributed by atoms with Crippen LogP contribution in [-0.2, 0) is 0 Å². The van der Waals surface area contributed by atoms with Gasteiger partial charge < -0.3 is 11.1 Å². The minimum atomic E-state index is 0.506. The second kappa shape index (κ2) is 5.09. The zero-order chi connectivity index (χ0) is 14.1. The molecule has 2 heteroatoms. The molecule has 0 radical (unpaired) electrons. The maximum Gasteiger partial charge on any atom is 0.0250 e. The van der Waals surface area contributed by atoms with Gasteiger partial charge in [0.05, 0.1) is 0 Å². The van der Waals surface area contributed by atoms with Crippen LogP contribution in [0.5, 0.6) is 0 Å². The highest BCUT2D eigenvalue weighted by atomic mass is 14.7. The van der Waals surface area contributed by atoms with E-state index >= 15 is 0 Å². The third-order valence-corrected chi connectivity index (χ3v) is 5.72. The average molecular weight is 258 g/mol. The van der Waals surface area contributed by atoms with Gasteiger partial charge in [-0.25, -0.2) is 0 Å². The van der Waals surface area contributed by atoms with Gasteiger partial charge in [0.25, 0.3) is 0 Å². The summed E-state index contributed by atoms with van der Waals surface area (Å²) >= 11 is 0. The first-order chi connectivity index (χ1) is 8.95. The van der Waals surface area contributed by atoms with Crippen LogP contribution in [0.3, 0.4) is 0 Å². The van der Waals surface area contributed by atoms with Gasteiger partial charge >= 0.3 is 0 Å². The molecule has 1 aromatic carbocycles. The van der Waals surface area contributed by atoms with E-state index in [0.717, 1.165) is 23.9 Å². The molecule has 0 saturated heterocycles. The molecule has 0 amide bonds. The van der Waals surface area contributed by atoms with Crippen molar-refractivity contribution < 1.29 is 0 Å². The van der Waals surface area contributed by atoms with Crippen molar-refractivity contribution in [2.45, 2.75) is 33.6 Å². The minimum absolute atomic E-state index is 0.506. The standard InChI is InChI=1S/C10H19N.C7H7N/c1-9(2)8(6-11)4-7-5-10(7,9)3;8-6-7-4-2-1-3-5-7/h7-8H,4-6,11H2,1-3H3;1-6,8H. The Labute approximate surface area is 116 Å². The Morgan fingerprint density at radius 2 is 1.89 bits per heavy atom. The third kappa shape index (κ3) is 2.46. The normalized spacial score (nSPS) is 33.9. The maximum atomic E-state index is 6.82. The summed E-state index contributed by atoms with van der Waals surface area (Å²) in [6.45, 7) is 8.13. The predicted octanol–water partition coefficient (Wildman–Crippen LogP) is 3.70. The Kier molecular flexibility index (Phi) is 3.82. The van der Waals surface area contributed by atoms with Gasteiger partial charge in [0.2, 0.25) is 0 Å². The first-order valence-electron chi connectivity index (χ1n) is 7.21. The van der Waals surface area contributed by atoms with Crippen LogP contribution in [0.15, 0.2) is 30.3 Å². The zero-order valence-electron chi connectivity index (χ0n) is 12.3. The predicted molar refractivity (Wildman–Crippen MR) is 81.5 cm³/mol. The van der Waals surface area contributed by atoms with E-state index in [1.54, 1.807) is 0 Å². The summed E-state index contributed by atoms with van der Waals surface area (Å²) < 4.78 is 0. The first kappa shape index (κ1) is 14.3. The third-order valence-electron chi connectivity index (χ3n) is 5.72. The Balaban J connectivity index is 0.000000148. The van der Waals surface area contributed by atoms with Gasteiger partial charge in [-0.1, -0.05) is 51.1 Å². The number of nitrogens with two attached hydrogens (primary N) is 1. The van der Waals surface area contributed by atoms with Crippen molar-refractivity contribution in [2.75, 3.05) is 6.54 Å². The fourth-order valence-electron chi connectivity index (χ4n) is 3.63. The number of hydrogen-bond donors (Lipinski definition) is 2. The lowest BCUT2D eigenvalue weighted by molar-refractivity contribution is 0.154. The second-order valence-corrected chi connectivity index (χ2v) is 6.76. The van der Waals surface area contributed by atoms with Crippen LogP contribution in [0.1, 0.15) is 39.2 Å². The van der Waals surface area contributed by atoms with E-state index in [9.17, 15) is 0 Å². The number of fused-ring (bicyclic) bond motifs is 1. The fraction of sp³-hybridized carbons (Fsp3) is 0.588. The smallest absolute Gasteiger partial charge is 0.0250 e. The van der Waals surface area contributed by atoms with E-state index in [2.05, 4.69) is 20.8 Å². The zero-order valence-corrected chi connectivity index (χ0v) is 12.3. The van der Waals surface area contributed by atoms with E-state index in [1.165, 1.54) is 19.1 Å². The van der Waals surface area contributed by atoms with Crippen molar-refractivity contribution in [1.82, 2.24) is 0 Å². The van der Waals surface area contributed by atoms with E-state index in [1.807, 2.05) is 30.3 Å². The Bertz CT molecular complexity index is 438. The number of hydrogen-bond acceptors (Lipinski definition) is 2. The summed E-state index contributed by atoms with van der Waals surface area (Å²) in [6.07, 6.45) is 4.18. The molecule has 2 aliphatic carbocycles. The Hall–Kier alpha value is -1.15. The molecule has 3 N–H and O–H groups in total. The molecule has 3 unspecified atom stereocenters. The lowest BCUT2D eigenvalue weighted by atomic mass is 9.71. The van der Waals surface area contributed by atoms with Crippen LogP contribution in [0.25, 0.3) is 0 Å². The molecular weight excluding hydrogens is 232 g/mol. The second-order valence-electron chi connectivity index (χ2n) is 6.76. The van der Waals surface area contributed by atoms with E-state index in [0.29, 0.717) is 10.8 Å². The van der Waals surface area contributed by atoms with Crippen LogP contribution in [-0.4, -0.2) is 12.8 Å². The Morgan fingerprint density at radius 3 is 2.21 bits per heavy atom.